The zero-order valence-corrected chi connectivity index (χ0v) is 15.7. The molecule has 0 aliphatic heterocycles. The molecule has 1 aromatic carbocycles. The lowest BCUT2D eigenvalue weighted by molar-refractivity contribution is 0.171. The van der Waals surface area contributed by atoms with Crippen LogP contribution < -0.4 is 5.32 Å². The Bertz CT molecular complexity index is 463. The van der Waals surface area contributed by atoms with Crippen molar-refractivity contribution >= 4 is 27.5 Å². The van der Waals surface area contributed by atoms with Crippen molar-refractivity contribution < 1.29 is 0 Å². The fraction of sp³-hybridized carbons (Fsp3) is 0.667. The van der Waals surface area contributed by atoms with Gasteiger partial charge in [0.05, 0.1) is 0 Å². The summed E-state index contributed by atoms with van der Waals surface area (Å²) >= 11 is 10.0. The van der Waals surface area contributed by atoms with Crippen LogP contribution in [0.3, 0.4) is 0 Å². The Morgan fingerprint density at radius 1 is 1.29 bits per heavy atom. The summed E-state index contributed by atoms with van der Waals surface area (Å²) in [5, 5.41) is 4.63. The van der Waals surface area contributed by atoms with Gasteiger partial charge in [0.2, 0.25) is 0 Å². The second-order valence-corrected chi connectivity index (χ2v) is 7.95. The van der Waals surface area contributed by atoms with Crippen molar-refractivity contribution in [3.63, 3.8) is 0 Å². The molecule has 1 nitrogen and oxygen atoms in total. The van der Waals surface area contributed by atoms with E-state index in [0.717, 1.165) is 34.3 Å². The molecule has 0 radical (unpaired) electrons. The third-order valence-corrected chi connectivity index (χ3v) is 5.84. The molecule has 0 spiro atoms. The first-order chi connectivity index (χ1) is 10.0. The van der Waals surface area contributed by atoms with Crippen LogP contribution in [0.15, 0.2) is 22.7 Å². The first-order valence-electron chi connectivity index (χ1n) is 8.21. The molecule has 0 saturated heterocycles. The van der Waals surface area contributed by atoms with Crippen LogP contribution in [0.2, 0.25) is 5.02 Å². The Hall–Kier alpha value is -0.0500. The fourth-order valence-electron chi connectivity index (χ4n) is 3.48. The van der Waals surface area contributed by atoms with Crippen molar-refractivity contribution in [2.24, 2.45) is 17.8 Å². The zero-order chi connectivity index (χ0) is 15.4. The summed E-state index contributed by atoms with van der Waals surface area (Å²) in [5.41, 5.74) is 1.26. The summed E-state index contributed by atoms with van der Waals surface area (Å²) in [6.45, 7) is 8.06. The van der Waals surface area contributed by atoms with Crippen molar-refractivity contribution in [1.82, 2.24) is 5.32 Å². The highest BCUT2D eigenvalue weighted by Gasteiger charge is 2.31. The predicted molar refractivity (Wildman–Crippen MR) is 95.9 cm³/mol. The third kappa shape index (κ3) is 4.46. The molecular formula is C18H27BrClN. The molecule has 0 bridgehead atoms. The summed E-state index contributed by atoms with van der Waals surface area (Å²) in [6, 6.07) is 6.70. The number of benzene rings is 1. The van der Waals surface area contributed by atoms with Gasteiger partial charge in [-0.25, -0.2) is 0 Å². The van der Waals surface area contributed by atoms with Crippen LogP contribution in [0.5, 0.6) is 0 Å². The van der Waals surface area contributed by atoms with Gasteiger partial charge in [0.15, 0.2) is 0 Å². The molecule has 118 valence electrons. The molecule has 1 aliphatic rings. The smallest absolute Gasteiger partial charge is 0.0465 e. The van der Waals surface area contributed by atoms with Crippen molar-refractivity contribution in [2.75, 3.05) is 6.54 Å². The zero-order valence-electron chi connectivity index (χ0n) is 13.3. The summed E-state index contributed by atoms with van der Waals surface area (Å²) in [7, 11) is 0. The van der Waals surface area contributed by atoms with E-state index in [1.54, 1.807) is 0 Å². The lowest BCUT2D eigenvalue weighted by atomic mass is 9.72. The lowest BCUT2D eigenvalue weighted by Crippen LogP contribution is -2.33. The van der Waals surface area contributed by atoms with E-state index in [2.05, 4.69) is 54.2 Å². The van der Waals surface area contributed by atoms with Crippen LogP contribution in [0.1, 0.15) is 58.1 Å². The van der Waals surface area contributed by atoms with Crippen LogP contribution >= 0.6 is 27.5 Å². The second-order valence-electron chi connectivity index (χ2n) is 6.63. The summed E-state index contributed by atoms with van der Waals surface area (Å²) in [6.07, 6.45) is 5.10. The molecule has 4 atom stereocenters. The number of nitrogens with one attached hydrogen (secondary N) is 1. The molecule has 1 aromatic rings. The normalized spacial score (nSPS) is 27.6. The first kappa shape index (κ1) is 17.3. The van der Waals surface area contributed by atoms with Crippen LogP contribution in [-0.2, 0) is 0 Å². The van der Waals surface area contributed by atoms with Gasteiger partial charge in [0.1, 0.15) is 0 Å². The molecule has 1 aliphatic carbocycles. The Morgan fingerprint density at radius 3 is 2.67 bits per heavy atom. The number of rotatable bonds is 5. The number of hydrogen-bond acceptors (Lipinski definition) is 1. The highest BCUT2D eigenvalue weighted by Crippen LogP contribution is 2.41. The monoisotopic (exact) mass is 371 g/mol. The molecule has 0 aromatic heterocycles. The van der Waals surface area contributed by atoms with Gasteiger partial charge in [-0.1, -0.05) is 60.8 Å². The Morgan fingerprint density at radius 2 is 2.05 bits per heavy atom. The molecule has 1 fully saturated rings. The van der Waals surface area contributed by atoms with E-state index < -0.39 is 0 Å². The fourth-order valence-corrected chi connectivity index (χ4v) is 4.27. The van der Waals surface area contributed by atoms with E-state index in [1.165, 1.54) is 24.8 Å². The Labute approximate surface area is 143 Å². The number of halogens is 2. The maximum Gasteiger partial charge on any atom is 0.0465 e. The van der Waals surface area contributed by atoms with E-state index in [0.29, 0.717) is 12.0 Å². The Balaban J connectivity index is 2.21. The first-order valence-corrected chi connectivity index (χ1v) is 9.38. The van der Waals surface area contributed by atoms with E-state index in [9.17, 15) is 0 Å². The topological polar surface area (TPSA) is 12.0 Å². The molecule has 0 amide bonds. The SMILES string of the molecule is CCCNC(c1ccc(Br)cc1Cl)C1CCC(C)C(C)C1. The second kappa shape index (κ2) is 7.99. The highest BCUT2D eigenvalue weighted by molar-refractivity contribution is 9.10. The summed E-state index contributed by atoms with van der Waals surface area (Å²) < 4.78 is 1.05. The molecular weight excluding hydrogens is 346 g/mol. The minimum absolute atomic E-state index is 0.389. The van der Waals surface area contributed by atoms with Gasteiger partial charge >= 0.3 is 0 Å². The largest absolute Gasteiger partial charge is 0.310 e. The summed E-state index contributed by atoms with van der Waals surface area (Å²) in [4.78, 5) is 0. The average molecular weight is 373 g/mol. The molecule has 1 N–H and O–H groups in total. The average Bonchev–Trinajstić information content (AvgIpc) is 2.44. The number of hydrogen-bond donors (Lipinski definition) is 1. The van der Waals surface area contributed by atoms with Crippen molar-refractivity contribution in [1.29, 1.82) is 0 Å². The molecule has 2 rings (SSSR count). The predicted octanol–water partition coefficient (Wildman–Crippen LogP) is 6.22. The van der Waals surface area contributed by atoms with Crippen molar-refractivity contribution in [2.45, 2.75) is 52.5 Å². The van der Waals surface area contributed by atoms with E-state index in [4.69, 9.17) is 11.6 Å². The van der Waals surface area contributed by atoms with Crippen molar-refractivity contribution in [3.05, 3.63) is 33.3 Å². The minimum Gasteiger partial charge on any atom is -0.310 e. The minimum atomic E-state index is 0.389. The Kier molecular flexibility index (Phi) is 6.58. The standard InChI is InChI=1S/C18H27BrClN/c1-4-9-21-18(14-6-5-12(2)13(3)10-14)16-8-7-15(19)11-17(16)20/h7-8,11-14,18,21H,4-6,9-10H2,1-3H3. The van der Waals surface area contributed by atoms with Gasteiger partial charge < -0.3 is 5.32 Å². The van der Waals surface area contributed by atoms with Gasteiger partial charge in [0.25, 0.3) is 0 Å². The van der Waals surface area contributed by atoms with E-state index >= 15 is 0 Å². The van der Waals surface area contributed by atoms with Gasteiger partial charge in [-0.05, 0) is 61.3 Å². The van der Waals surface area contributed by atoms with Crippen LogP contribution in [0, 0.1) is 17.8 Å². The van der Waals surface area contributed by atoms with Gasteiger partial charge in [-0.2, -0.15) is 0 Å². The van der Waals surface area contributed by atoms with Crippen molar-refractivity contribution in [3.8, 4) is 0 Å². The van der Waals surface area contributed by atoms with Crippen LogP contribution in [0.4, 0.5) is 0 Å². The van der Waals surface area contributed by atoms with Crippen LogP contribution in [-0.4, -0.2) is 6.54 Å². The maximum absolute atomic E-state index is 6.52. The highest BCUT2D eigenvalue weighted by atomic mass is 79.9. The summed E-state index contributed by atoms with van der Waals surface area (Å²) in [5.74, 6) is 2.36. The molecule has 0 heterocycles. The maximum atomic E-state index is 6.52. The van der Waals surface area contributed by atoms with E-state index in [1.807, 2.05) is 6.07 Å². The molecule has 3 heteroatoms. The molecule has 1 saturated carbocycles. The van der Waals surface area contributed by atoms with Crippen LogP contribution in [0.25, 0.3) is 0 Å². The third-order valence-electron chi connectivity index (χ3n) is 5.02. The lowest BCUT2D eigenvalue weighted by Gasteiger charge is -2.37. The molecule has 21 heavy (non-hydrogen) atoms. The van der Waals surface area contributed by atoms with E-state index in [-0.39, 0.29) is 0 Å². The van der Waals surface area contributed by atoms with Gasteiger partial charge in [0, 0.05) is 15.5 Å². The quantitative estimate of drug-likeness (QED) is 0.647. The molecule has 4 unspecified atom stereocenters. The van der Waals surface area contributed by atoms with Gasteiger partial charge in [-0.15, -0.1) is 0 Å². The van der Waals surface area contributed by atoms with Gasteiger partial charge in [-0.3, -0.25) is 0 Å².